The molecular formula is C18H24N4O2. The summed E-state index contributed by atoms with van der Waals surface area (Å²) in [5.74, 6) is 1.03. The third kappa shape index (κ3) is 3.27. The number of anilines is 1. The standard InChI is InChI=1S/C18H24N4O2/c1-13-19-17(21-24-13)18(10-5-4-6-11-18)20-16(23)14-8-7-9-15(12-14)22(2)3/h7-9,12H,4-6,10-11H2,1-3H3,(H,20,23). The summed E-state index contributed by atoms with van der Waals surface area (Å²) in [6, 6.07) is 7.61. The minimum atomic E-state index is -0.527. The van der Waals surface area contributed by atoms with Crippen molar-refractivity contribution in [3.05, 3.63) is 41.5 Å². The van der Waals surface area contributed by atoms with Crippen LogP contribution < -0.4 is 10.2 Å². The van der Waals surface area contributed by atoms with Crippen LogP contribution >= 0.6 is 0 Å². The Labute approximate surface area is 142 Å². The number of hydrogen-bond acceptors (Lipinski definition) is 5. The first-order valence-electron chi connectivity index (χ1n) is 8.41. The van der Waals surface area contributed by atoms with Crippen molar-refractivity contribution in [2.24, 2.45) is 0 Å². The molecule has 1 heterocycles. The lowest BCUT2D eigenvalue weighted by molar-refractivity contribution is 0.0855. The number of hydrogen-bond donors (Lipinski definition) is 1. The first-order chi connectivity index (χ1) is 11.5. The van der Waals surface area contributed by atoms with Gasteiger partial charge in [-0.3, -0.25) is 4.79 Å². The second-order valence-electron chi connectivity index (χ2n) is 6.68. The van der Waals surface area contributed by atoms with Gasteiger partial charge < -0.3 is 14.7 Å². The highest BCUT2D eigenvalue weighted by Gasteiger charge is 2.39. The van der Waals surface area contributed by atoms with Crippen molar-refractivity contribution in [3.8, 4) is 0 Å². The van der Waals surface area contributed by atoms with Crippen LogP contribution in [-0.4, -0.2) is 30.1 Å². The molecule has 1 aromatic heterocycles. The molecule has 1 aromatic carbocycles. The van der Waals surface area contributed by atoms with E-state index in [0.29, 0.717) is 17.3 Å². The van der Waals surface area contributed by atoms with Crippen LogP contribution in [0, 0.1) is 6.92 Å². The number of benzene rings is 1. The fraction of sp³-hybridized carbons (Fsp3) is 0.500. The molecular weight excluding hydrogens is 304 g/mol. The Balaban J connectivity index is 1.87. The fourth-order valence-electron chi connectivity index (χ4n) is 3.27. The highest BCUT2D eigenvalue weighted by molar-refractivity contribution is 5.95. The van der Waals surface area contributed by atoms with Crippen molar-refractivity contribution in [3.63, 3.8) is 0 Å². The highest BCUT2D eigenvalue weighted by Crippen LogP contribution is 2.36. The van der Waals surface area contributed by atoms with Crippen LogP contribution in [0.5, 0.6) is 0 Å². The molecule has 24 heavy (non-hydrogen) atoms. The number of nitrogens with zero attached hydrogens (tertiary/aromatic N) is 3. The van der Waals surface area contributed by atoms with E-state index in [9.17, 15) is 4.79 Å². The lowest BCUT2D eigenvalue weighted by Crippen LogP contribution is -2.48. The molecule has 0 spiro atoms. The topological polar surface area (TPSA) is 71.3 Å². The van der Waals surface area contributed by atoms with Gasteiger partial charge in [0, 0.05) is 32.3 Å². The Bertz CT molecular complexity index is 717. The normalized spacial score (nSPS) is 16.6. The molecule has 1 aliphatic rings. The maximum atomic E-state index is 12.9. The zero-order valence-electron chi connectivity index (χ0n) is 14.5. The SMILES string of the molecule is Cc1nc(C2(NC(=O)c3cccc(N(C)C)c3)CCCCC2)no1. The summed E-state index contributed by atoms with van der Waals surface area (Å²) in [4.78, 5) is 19.2. The quantitative estimate of drug-likeness (QED) is 0.934. The average Bonchev–Trinajstić information content (AvgIpc) is 3.03. The van der Waals surface area contributed by atoms with Crippen molar-refractivity contribution in [1.29, 1.82) is 0 Å². The zero-order chi connectivity index (χ0) is 17.2. The third-order valence-corrected chi connectivity index (χ3v) is 4.64. The summed E-state index contributed by atoms with van der Waals surface area (Å²) in [6.45, 7) is 1.77. The van der Waals surface area contributed by atoms with Crippen molar-refractivity contribution >= 4 is 11.6 Å². The van der Waals surface area contributed by atoms with Gasteiger partial charge in [0.2, 0.25) is 5.89 Å². The van der Waals surface area contributed by atoms with Crippen molar-refractivity contribution < 1.29 is 9.32 Å². The first-order valence-corrected chi connectivity index (χ1v) is 8.41. The van der Waals surface area contributed by atoms with Gasteiger partial charge >= 0.3 is 0 Å². The Hall–Kier alpha value is -2.37. The molecule has 128 valence electrons. The minimum Gasteiger partial charge on any atom is -0.378 e. The molecule has 0 unspecified atom stereocenters. The molecule has 6 nitrogen and oxygen atoms in total. The van der Waals surface area contributed by atoms with Crippen LogP contribution in [-0.2, 0) is 5.54 Å². The van der Waals surface area contributed by atoms with Crippen molar-refractivity contribution in [2.45, 2.75) is 44.6 Å². The molecule has 1 fully saturated rings. The molecule has 1 amide bonds. The van der Waals surface area contributed by atoms with Gasteiger partial charge in [0.25, 0.3) is 5.91 Å². The van der Waals surface area contributed by atoms with E-state index in [1.807, 2.05) is 43.3 Å². The molecule has 1 N–H and O–H groups in total. The molecule has 0 radical (unpaired) electrons. The molecule has 3 rings (SSSR count). The van der Waals surface area contributed by atoms with Crippen LogP contribution in [0.25, 0.3) is 0 Å². The Morgan fingerprint density at radius 3 is 2.62 bits per heavy atom. The van der Waals surface area contributed by atoms with Crippen LogP contribution in [0.3, 0.4) is 0 Å². The molecule has 0 saturated heterocycles. The van der Waals surface area contributed by atoms with Gasteiger partial charge in [-0.2, -0.15) is 4.98 Å². The number of aromatic nitrogens is 2. The predicted molar refractivity (Wildman–Crippen MR) is 92.0 cm³/mol. The second kappa shape index (κ2) is 6.63. The lowest BCUT2D eigenvalue weighted by atomic mass is 9.80. The summed E-state index contributed by atoms with van der Waals surface area (Å²) < 4.78 is 5.16. The fourth-order valence-corrected chi connectivity index (χ4v) is 3.27. The van der Waals surface area contributed by atoms with E-state index >= 15 is 0 Å². The molecule has 2 aromatic rings. The number of nitrogens with one attached hydrogen (secondary N) is 1. The minimum absolute atomic E-state index is 0.0944. The van der Waals surface area contributed by atoms with Gasteiger partial charge in [-0.1, -0.05) is 30.5 Å². The van der Waals surface area contributed by atoms with Crippen molar-refractivity contribution in [2.75, 3.05) is 19.0 Å². The highest BCUT2D eigenvalue weighted by atomic mass is 16.5. The van der Waals surface area contributed by atoms with Crippen LogP contribution in [0.2, 0.25) is 0 Å². The van der Waals surface area contributed by atoms with E-state index in [-0.39, 0.29) is 5.91 Å². The zero-order valence-corrected chi connectivity index (χ0v) is 14.5. The molecule has 0 atom stereocenters. The number of carbonyl (C=O) groups is 1. The Kier molecular flexibility index (Phi) is 4.55. The second-order valence-corrected chi connectivity index (χ2v) is 6.68. The number of rotatable bonds is 4. The summed E-state index contributed by atoms with van der Waals surface area (Å²) >= 11 is 0. The van der Waals surface area contributed by atoms with Gasteiger partial charge in [-0.05, 0) is 31.0 Å². The van der Waals surface area contributed by atoms with Crippen molar-refractivity contribution in [1.82, 2.24) is 15.5 Å². The first kappa shape index (κ1) is 16.5. The van der Waals surface area contributed by atoms with E-state index < -0.39 is 5.54 Å². The number of aryl methyl sites for hydroxylation is 1. The summed E-state index contributed by atoms with van der Waals surface area (Å²) in [5.41, 5.74) is 1.11. The third-order valence-electron chi connectivity index (χ3n) is 4.64. The molecule has 1 aliphatic carbocycles. The van der Waals surface area contributed by atoms with E-state index in [1.165, 1.54) is 6.42 Å². The lowest BCUT2D eigenvalue weighted by Gasteiger charge is -2.35. The van der Waals surface area contributed by atoms with E-state index in [1.54, 1.807) is 6.92 Å². The van der Waals surface area contributed by atoms with Crippen LogP contribution in [0.1, 0.15) is 54.2 Å². The number of carbonyl (C=O) groups excluding carboxylic acids is 1. The predicted octanol–water partition coefficient (Wildman–Crippen LogP) is 3.03. The molecule has 6 heteroatoms. The van der Waals surface area contributed by atoms with Gasteiger partial charge in [-0.25, -0.2) is 0 Å². The molecule has 0 bridgehead atoms. The van der Waals surface area contributed by atoms with Gasteiger partial charge in [0.05, 0.1) is 0 Å². The number of amides is 1. The summed E-state index contributed by atoms with van der Waals surface area (Å²) in [7, 11) is 3.92. The maximum Gasteiger partial charge on any atom is 0.252 e. The molecule has 1 saturated carbocycles. The van der Waals surface area contributed by atoms with Crippen LogP contribution in [0.4, 0.5) is 5.69 Å². The maximum absolute atomic E-state index is 12.9. The smallest absolute Gasteiger partial charge is 0.252 e. The van der Waals surface area contributed by atoms with Gasteiger partial charge in [0.1, 0.15) is 5.54 Å². The van der Waals surface area contributed by atoms with E-state index in [2.05, 4.69) is 15.5 Å². The average molecular weight is 328 g/mol. The van der Waals surface area contributed by atoms with E-state index in [4.69, 9.17) is 4.52 Å². The van der Waals surface area contributed by atoms with E-state index in [0.717, 1.165) is 31.4 Å². The summed E-state index contributed by atoms with van der Waals surface area (Å²) in [5, 5.41) is 7.30. The molecule has 0 aliphatic heterocycles. The summed E-state index contributed by atoms with van der Waals surface area (Å²) in [6.07, 6.45) is 4.94. The van der Waals surface area contributed by atoms with Gasteiger partial charge in [-0.15, -0.1) is 0 Å². The van der Waals surface area contributed by atoms with Gasteiger partial charge in [0.15, 0.2) is 5.82 Å². The largest absolute Gasteiger partial charge is 0.378 e. The monoisotopic (exact) mass is 328 g/mol. The Morgan fingerprint density at radius 1 is 1.25 bits per heavy atom. The Morgan fingerprint density at radius 2 is 2.00 bits per heavy atom. The van der Waals surface area contributed by atoms with Crippen LogP contribution in [0.15, 0.2) is 28.8 Å².